The van der Waals surface area contributed by atoms with Gasteiger partial charge in [-0.25, -0.2) is 4.39 Å². The Morgan fingerprint density at radius 3 is 2.40 bits per heavy atom. The number of fused-ring (bicyclic) bond motifs is 1. The molecule has 0 aromatic heterocycles. The first-order chi connectivity index (χ1) is 19.7. The van der Waals surface area contributed by atoms with Gasteiger partial charge in [-0.1, -0.05) is 12.1 Å². The van der Waals surface area contributed by atoms with Crippen LogP contribution in [0.4, 0.5) is 4.39 Å². The Morgan fingerprint density at radius 2 is 1.81 bits per heavy atom. The summed E-state index contributed by atoms with van der Waals surface area (Å²) in [6.45, 7) is 1.64. The summed E-state index contributed by atoms with van der Waals surface area (Å²) in [5.74, 6) is -15.3. The summed E-state index contributed by atoms with van der Waals surface area (Å²) in [5, 5.41) is 73.8. The zero-order valence-corrected chi connectivity index (χ0v) is 22.3. The Hall–Kier alpha value is -4.06. The second-order valence-electron chi connectivity index (χ2n) is 9.85. The number of aldehydes is 1. The van der Waals surface area contributed by atoms with E-state index in [0.29, 0.717) is 43.3 Å². The van der Waals surface area contributed by atoms with E-state index in [4.69, 9.17) is 9.47 Å². The van der Waals surface area contributed by atoms with Crippen molar-refractivity contribution >= 4 is 18.1 Å². The normalized spacial score (nSPS) is 16.7. The standard InChI is InChI=1S/C26H30FN3O12/c1-28-23(35)22(26(39,40)25(37,38)12-31)30-10-15-17(24(30)36)18(32)19(33)20(34)21(15)42-11-14-3-2-13(8-16(14)27)9-29-4-6-41-7-5-29/h2-3,8,12,22,32-34,37-40H,4-7,9-11H2,1H3,(H,28,35). The van der Waals surface area contributed by atoms with Crippen LogP contribution in [0.1, 0.15) is 27.0 Å². The van der Waals surface area contributed by atoms with Gasteiger partial charge in [0, 0.05) is 37.8 Å². The van der Waals surface area contributed by atoms with Gasteiger partial charge in [-0.15, -0.1) is 0 Å². The van der Waals surface area contributed by atoms with Gasteiger partial charge >= 0.3 is 0 Å². The molecule has 228 valence electrons. The highest BCUT2D eigenvalue weighted by molar-refractivity contribution is 6.05. The van der Waals surface area contributed by atoms with Gasteiger partial charge < -0.3 is 55.4 Å². The van der Waals surface area contributed by atoms with Crippen LogP contribution in [0.15, 0.2) is 18.2 Å². The number of carbonyl (C=O) groups is 3. The summed E-state index contributed by atoms with van der Waals surface area (Å²) >= 11 is 0. The molecule has 0 spiro atoms. The van der Waals surface area contributed by atoms with E-state index in [1.807, 2.05) is 5.32 Å². The SMILES string of the molecule is CNC(=O)C(N1Cc2c(OCc3ccc(CN4CCOCC4)cc3F)c(O)c(O)c(O)c2C1=O)C(O)(O)C(O)(O)C=O. The number of nitrogens with one attached hydrogen (secondary N) is 1. The molecule has 16 heteroatoms. The zero-order valence-electron chi connectivity index (χ0n) is 22.3. The summed E-state index contributed by atoms with van der Waals surface area (Å²) < 4.78 is 25.8. The molecule has 1 fully saturated rings. The Morgan fingerprint density at radius 1 is 1.14 bits per heavy atom. The van der Waals surface area contributed by atoms with Crippen LogP contribution in [0.3, 0.4) is 0 Å². The van der Waals surface area contributed by atoms with Crippen molar-refractivity contribution in [3.8, 4) is 23.0 Å². The average Bonchev–Trinajstić information content (AvgIpc) is 3.29. The Kier molecular flexibility index (Phi) is 8.58. The van der Waals surface area contributed by atoms with Gasteiger partial charge in [-0.05, 0) is 11.6 Å². The lowest BCUT2D eigenvalue weighted by atomic mass is 9.96. The summed E-state index contributed by atoms with van der Waals surface area (Å²) in [4.78, 5) is 39.5. The second kappa shape index (κ2) is 11.7. The fourth-order valence-electron chi connectivity index (χ4n) is 4.81. The lowest BCUT2D eigenvalue weighted by molar-refractivity contribution is -0.345. The maximum absolute atomic E-state index is 14.9. The molecule has 1 unspecified atom stereocenters. The van der Waals surface area contributed by atoms with E-state index in [1.165, 1.54) is 12.1 Å². The fraction of sp³-hybridized carbons (Fsp3) is 0.423. The smallest absolute Gasteiger partial charge is 0.279 e. The van der Waals surface area contributed by atoms with E-state index >= 15 is 0 Å². The lowest BCUT2D eigenvalue weighted by Crippen LogP contribution is -2.70. The Bertz CT molecular complexity index is 1390. The van der Waals surface area contributed by atoms with E-state index in [1.54, 1.807) is 6.07 Å². The molecule has 2 aliphatic heterocycles. The molecule has 0 radical (unpaired) electrons. The molecular weight excluding hydrogens is 565 g/mol. The Labute approximate surface area is 237 Å². The van der Waals surface area contributed by atoms with Crippen LogP contribution < -0.4 is 10.1 Å². The minimum absolute atomic E-state index is 0.0203. The summed E-state index contributed by atoms with van der Waals surface area (Å²) in [5.41, 5.74) is -0.401. The van der Waals surface area contributed by atoms with E-state index in [2.05, 4.69) is 4.90 Å². The van der Waals surface area contributed by atoms with Gasteiger partial charge in [0.05, 0.1) is 25.3 Å². The molecule has 1 atom stereocenters. The van der Waals surface area contributed by atoms with Gasteiger partial charge in [-0.2, -0.15) is 0 Å². The molecule has 0 aliphatic carbocycles. The number of aliphatic hydroxyl groups is 4. The molecule has 4 rings (SSSR count). The van der Waals surface area contributed by atoms with Crippen LogP contribution in [0, 0.1) is 5.82 Å². The summed E-state index contributed by atoms with van der Waals surface area (Å²) in [7, 11) is 1.01. The van der Waals surface area contributed by atoms with Gasteiger partial charge in [0.2, 0.25) is 17.4 Å². The number of aromatic hydroxyl groups is 3. The predicted molar refractivity (Wildman–Crippen MR) is 136 cm³/mol. The number of hydrogen-bond donors (Lipinski definition) is 8. The molecule has 2 aromatic rings. The maximum atomic E-state index is 14.9. The van der Waals surface area contributed by atoms with Crippen molar-refractivity contribution in [1.29, 1.82) is 0 Å². The summed E-state index contributed by atoms with van der Waals surface area (Å²) in [6, 6.07) is 1.84. The van der Waals surface area contributed by atoms with Crippen molar-refractivity contribution in [3.63, 3.8) is 0 Å². The van der Waals surface area contributed by atoms with Crippen LogP contribution in [0.25, 0.3) is 0 Å². The van der Waals surface area contributed by atoms with Gasteiger partial charge in [0.25, 0.3) is 17.5 Å². The van der Waals surface area contributed by atoms with Crippen molar-refractivity contribution in [1.82, 2.24) is 15.1 Å². The molecule has 2 aliphatic rings. The average molecular weight is 596 g/mol. The molecule has 0 saturated carbocycles. The number of rotatable bonds is 10. The molecule has 0 bridgehead atoms. The van der Waals surface area contributed by atoms with E-state index in [-0.39, 0.29) is 11.1 Å². The monoisotopic (exact) mass is 595 g/mol. The minimum Gasteiger partial charge on any atom is -0.504 e. The minimum atomic E-state index is -3.99. The quantitative estimate of drug-likeness (QED) is 0.0844. The highest BCUT2D eigenvalue weighted by atomic mass is 19.1. The van der Waals surface area contributed by atoms with Gasteiger partial charge in [0.15, 0.2) is 23.8 Å². The summed E-state index contributed by atoms with van der Waals surface area (Å²) in [6.07, 6.45) is -0.679. The number of morpholine rings is 1. The van der Waals surface area contributed by atoms with Crippen LogP contribution >= 0.6 is 0 Å². The first-order valence-electron chi connectivity index (χ1n) is 12.6. The van der Waals surface area contributed by atoms with Crippen LogP contribution in [0.5, 0.6) is 23.0 Å². The number of nitrogens with zero attached hydrogens (tertiary/aromatic N) is 2. The van der Waals surface area contributed by atoms with E-state index < -0.39 is 83.2 Å². The topological polar surface area (TPSA) is 230 Å². The zero-order chi connectivity index (χ0) is 31.0. The number of benzene rings is 2. The third-order valence-corrected chi connectivity index (χ3v) is 7.17. The Balaban J connectivity index is 1.65. The van der Waals surface area contributed by atoms with Crippen molar-refractivity contribution < 1.29 is 64.0 Å². The van der Waals surface area contributed by atoms with Crippen LogP contribution in [0.2, 0.25) is 0 Å². The molecule has 2 aromatic carbocycles. The molecule has 8 N–H and O–H groups in total. The molecule has 2 amide bonds. The van der Waals surface area contributed by atoms with Gasteiger partial charge in [0.1, 0.15) is 12.4 Å². The van der Waals surface area contributed by atoms with Crippen molar-refractivity contribution in [2.24, 2.45) is 0 Å². The predicted octanol–water partition coefficient (Wildman–Crippen LogP) is -2.02. The van der Waals surface area contributed by atoms with Crippen molar-refractivity contribution in [2.75, 3.05) is 33.4 Å². The number of halogens is 1. The molecule has 1 saturated heterocycles. The molecule has 2 heterocycles. The number of hydrogen-bond acceptors (Lipinski definition) is 13. The van der Waals surface area contributed by atoms with E-state index in [9.17, 15) is 54.5 Å². The number of carbonyl (C=O) groups excluding carboxylic acids is 3. The third-order valence-electron chi connectivity index (χ3n) is 7.17. The molecule has 15 nitrogen and oxygen atoms in total. The largest absolute Gasteiger partial charge is 0.504 e. The van der Waals surface area contributed by atoms with E-state index in [0.717, 1.165) is 7.05 Å². The first kappa shape index (κ1) is 30.9. The van der Waals surface area contributed by atoms with Crippen molar-refractivity contribution in [2.45, 2.75) is 37.3 Å². The number of phenolic OH excluding ortho intramolecular Hbond substituents is 3. The second-order valence-corrected chi connectivity index (χ2v) is 9.85. The number of amides is 2. The maximum Gasteiger partial charge on any atom is 0.279 e. The molecular formula is C26H30FN3O12. The van der Waals surface area contributed by atoms with Crippen LogP contribution in [-0.4, -0.2) is 115 Å². The fourth-order valence-corrected chi connectivity index (χ4v) is 4.81. The molecule has 42 heavy (non-hydrogen) atoms. The highest BCUT2D eigenvalue weighted by Gasteiger charge is 2.60. The highest BCUT2D eigenvalue weighted by Crippen LogP contribution is 2.51. The lowest BCUT2D eigenvalue weighted by Gasteiger charge is -2.40. The van der Waals surface area contributed by atoms with Gasteiger partial charge in [-0.3, -0.25) is 19.3 Å². The first-order valence-corrected chi connectivity index (χ1v) is 12.6. The number of likely N-dealkylation sites (N-methyl/N-ethyl adjacent to an activating group) is 1. The van der Waals surface area contributed by atoms with Crippen molar-refractivity contribution in [3.05, 3.63) is 46.3 Å². The number of ether oxygens (including phenoxy) is 2. The third kappa shape index (κ3) is 5.42. The van der Waals surface area contributed by atoms with Crippen LogP contribution in [-0.2, 0) is 34.0 Å². The number of phenols is 3.